The summed E-state index contributed by atoms with van der Waals surface area (Å²) in [6.45, 7) is 0. The molecule has 0 radical (unpaired) electrons. The van der Waals surface area contributed by atoms with Gasteiger partial charge in [-0.1, -0.05) is 0 Å². The van der Waals surface area contributed by atoms with E-state index >= 15 is 0 Å². The van der Waals surface area contributed by atoms with Crippen LogP contribution in [0.1, 0.15) is 11.6 Å². The molecule has 0 aliphatic rings. The standard InChI is InChI=1S/C10H9F6NO2/c1-18-7-3-2-5(19-10(14,15)16)4-6(7)8(17)9(11,12)13/h2-4,8H,17H2,1H3/t8-/m0/s1. The van der Waals surface area contributed by atoms with Crippen molar-refractivity contribution in [3.8, 4) is 11.5 Å². The first kappa shape index (κ1) is 15.4. The maximum Gasteiger partial charge on any atom is 0.573 e. The molecule has 0 aliphatic carbocycles. The first-order valence-corrected chi connectivity index (χ1v) is 4.80. The highest BCUT2D eigenvalue weighted by atomic mass is 19.4. The van der Waals surface area contributed by atoms with Crippen LogP contribution in [0.4, 0.5) is 26.3 Å². The lowest BCUT2D eigenvalue weighted by Gasteiger charge is -2.19. The van der Waals surface area contributed by atoms with Crippen LogP contribution in [0.3, 0.4) is 0 Å². The minimum Gasteiger partial charge on any atom is -0.496 e. The van der Waals surface area contributed by atoms with E-state index in [-0.39, 0.29) is 5.75 Å². The Kier molecular flexibility index (Phi) is 4.18. The Labute approximate surface area is 103 Å². The van der Waals surface area contributed by atoms with Crippen LogP contribution in [-0.4, -0.2) is 19.6 Å². The van der Waals surface area contributed by atoms with Crippen LogP contribution < -0.4 is 15.2 Å². The topological polar surface area (TPSA) is 44.5 Å². The van der Waals surface area contributed by atoms with Gasteiger partial charge < -0.3 is 15.2 Å². The van der Waals surface area contributed by atoms with Gasteiger partial charge in [0.25, 0.3) is 0 Å². The minimum atomic E-state index is -5.01. The largest absolute Gasteiger partial charge is 0.573 e. The number of hydrogen-bond donors (Lipinski definition) is 1. The van der Waals surface area contributed by atoms with Crippen molar-refractivity contribution in [2.45, 2.75) is 18.6 Å². The van der Waals surface area contributed by atoms with E-state index in [1.54, 1.807) is 0 Å². The zero-order valence-electron chi connectivity index (χ0n) is 9.47. The number of alkyl halides is 6. The molecule has 0 saturated heterocycles. The number of hydrogen-bond acceptors (Lipinski definition) is 3. The molecule has 0 bridgehead atoms. The second-order valence-electron chi connectivity index (χ2n) is 3.47. The number of ether oxygens (including phenoxy) is 2. The van der Waals surface area contributed by atoms with Crippen LogP contribution in [0.15, 0.2) is 18.2 Å². The molecule has 1 aromatic rings. The smallest absolute Gasteiger partial charge is 0.496 e. The lowest BCUT2D eigenvalue weighted by atomic mass is 10.1. The Morgan fingerprint density at radius 2 is 1.68 bits per heavy atom. The predicted molar refractivity (Wildman–Crippen MR) is 52.7 cm³/mol. The van der Waals surface area contributed by atoms with Gasteiger partial charge in [0.15, 0.2) is 0 Å². The van der Waals surface area contributed by atoms with Crippen molar-refractivity contribution in [1.29, 1.82) is 0 Å². The number of benzene rings is 1. The molecule has 0 heterocycles. The fraction of sp³-hybridized carbons (Fsp3) is 0.400. The first-order valence-electron chi connectivity index (χ1n) is 4.80. The van der Waals surface area contributed by atoms with Gasteiger partial charge in [-0.25, -0.2) is 0 Å². The molecule has 1 aromatic carbocycles. The molecule has 0 amide bonds. The summed E-state index contributed by atoms with van der Waals surface area (Å²) >= 11 is 0. The Hall–Kier alpha value is -1.64. The quantitative estimate of drug-likeness (QED) is 0.869. The number of rotatable bonds is 3. The highest BCUT2D eigenvalue weighted by Gasteiger charge is 2.40. The minimum absolute atomic E-state index is 0.278. The van der Waals surface area contributed by atoms with Gasteiger partial charge in [0.05, 0.1) is 7.11 Å². The highest BCUT2D eigenvalue weighted by molar-refractivity contribution is 5.42. The van der Waals surface area contributed by atoms with E-state index in [1.807, 2.05) is 0 Å². The molecular formula is C10H9F6NO2. The average Bonchev–Trinajstić information content (AvgIpc) is 2.24. The molecule has 0 fully saturated rings. The lowest BCUT2D eigenvalue weighted by Crippen LogP contribution is -2.29. The molecule has 0 unspecified atom stereocenters. The molecule has 2 N–H and O–H groups in total. The van der Waals surface area contributed by atoms with E-state index in [4.69, 9.17) is 5.73 Å². The van der Waals surface area contributed by atoms with Crippen molar-refractivity contribution < 1.29 is 35.8 Å². The van der Waals surface area contributed by atoms with Gasteiger partial charge in [0, 0.05) is 5.56 Å². The second kappa shape index (κ2) is 5.16. The Morgan fingerprint density at radius 1 is 1.11 bits per heavy atom. The first-order chi connectivity index (χ1) is 8.54. The third-order valence-electron chi connectivity index (χ3n) is 2.12. The van der Waals surface area contributed by atoms with Crippen molar-refractivity contribution in [2.24, 2.45) is 5.73 Å². The van der Waals surface area contributed by atoms with Crippen molar-refractivity contribution in [2.75, 3.05) is 7.11 Å². The molecule has 3 nitrogen and oxygen atoms in total. The zero-order chi connectivity index (χ0) is 14.8. The van der Waals surface area contributed by atoms with Gasteiger partial charge in [0.1, 0.15) is 17.5 Å². The van der Waals surface area contributed by atoms with Crippen LogP contribution in [-0.2, 0) is 0 Å². The van der Waals surface area contributed by atoms with Gasteiger partial charge in [-0.2, -0.15) is 13.2 Å². The van der Waals surface area contributed by atoms with Crippen molar-refractivity contribution >= 4 is 0 Å². The number of methoxy groups -OCH3 is 1. The molecule has 0 aromatic heterocycles. The summed E-state index contributed by atoms with van der Waals surface area (Å²) in [5.41, 5.74) is 4.30. The summed E-state index contributed by atoms with van der Waals surface area (Å²) in [6, 6.07) is -0.176. The van der Waals surface area contributed by atoms with Crippen molar-refractivity contribution in [1.82, 2.24) is 0 Å². The van der Waals surface area contributed by atoms with E-state index in [1.165, 1.54) is 0 Å². The molecule has 19 heavy (non-hydrogen) atoms. The SMILES string of the molecule is COc1ccc(OC(F)(F)F)cc1[C@H](N)C(F)(F)F. The van der Waals surface area contributed by atoms with E-state index in [0.29, 0.717) is 6.07 Å². The van der Waals surface area contributed by atoms with Gasteiger partial charge >= 0.3 is 12.5 Å². The van der Waals surface area contributed by atoms with Crippen LogP contribution in [0.5, 0.6) is 11.5 Å². The highest BCUT2D eigenvalue weighted by Crippen LogP contribution is 2.38. The van der Waals surface area contributed by atoms with E-state index in [9.17, 15) is 26.3 Å². The summed E-state index contributed by atoms with van der Waals surface area (Å²) in [6.07, 6.45) is -9.82. The monoisotopic (exact) mass is 289 g/mol. The maximum absolute atomic E-state index is 12.5. The fourth-order valence-electron chi connectivity index (χ4n) is 1.33. The fourth-order valence-corrected chi connectivity index (χ4v) is 1.33. The molecule has 0 spiro atoms. The Bertz CT molecular complexity index is 443. The van der Waals surface area contributed by atoms with E-state index in [2.05, 4.69) is 9.47 Å². The van der Waals surface area contributed by atoms with Gasteiger partial charge in [0.2, 0.25) is 0 Å². The van der Waals surface area contributed by atoms with Crippen molar-refractivity contribution in [3.05, 3.63) is 23.8 Å². The lowest BCUT2D eigenvalue weighted by molar-refractivity contribution is -0.274. The number of nitrogens with two attached hydrogens (primary N) is 1. The molecule has 9 heteroatoms. The van der Waals surface area contributed by atoms with Gasteiger partial charge in [-0.15, -0.1) is 13.2 Å². The van der Waals surface area contributed by atoms with Gasteiger partial charge in [-0.3, -0.25) is 0 Å². The van der Waals surface area contributed by atoms with Crippen LogP contribution in [0.25, 0.3) is 0 Å². The molecule has 1 rings (SSSR count). The second-order valence-corrected chi connectivity index (χ2v) is 3.47. The third kappa shape index (κ3) is 4.19. The predicted octanol–water partition coefficient (Wildman–Crippen LogP) is 3.16. The van der Waals surface area contributed by atoms with E-state index in [0.717, 1.165) is 19.2 Å². The Morgan fingerprint density at radius 3 is 2.11 bits per heavy atom. The third-order valence-corrected chi connectivity index (χ3v) is 2.12. The average molecular weight is 289 g/mol. The molecule has 1 atom stereocenters. The molecule has 0 saturated carbocycles. The number of halogens is 6. The molecule has 108 valence electrons. The van der Waals surface area contributed by atoms with Gasteiger partial charge in [-0.05, 0) is 18.2 Å². The molecular weight excluding hydrogens is 280 g/mol. The zero-order valence-corrected chi connectivity index (χ0v) is 9.47. The van der Waals surface area contributed by atoms with E-state index < -0.39 is 29.9 Å². The van der Waals surface area contributed by atoms with Crippen LogP contribution in [0, 0.1) is 0 Å². The summed E-state index contributed by atoms with van der Waals surface area (Å²) in [5.74, 6) is -1.08. The summed E-state index contributed by atoms with van der Waals surface area (Å²) in [5, 5.41) is 0. The molecule has 0 aliphatic heterocycles. The van der Waals surface area contributed by atoms with Crippen LogP contribution in [0.2, 0.25) is 0 Å². The summed E-state index contributed by atoms with van der Waals surface area (Å²) in [4.78, 5) is 0. The summed E-state index contributed by atoms with van der Waals surface area (Å²) in [7, 11) is 1.08. The summed E-state index contributed by atoms with van der Waals surface area (Å²) < 4.78 is 81.5. The Balaban J connectivity index is 3.17. The maximum atomic E-state index is 12.5. The van der Waals surface area contributed by atoms with Crippen LogP contribution >= 0.6 is 0 Å². The normalized spacial score (nSPS) is 14.1. The van der Waals surface area contributed by atoms with Crippen molar-refractivity contribution in [3.63, 3.8) is 0 Å².